The summed E-state index contributed by atoms with van der Waals surface area (Å²) in [6.07, 6.45) is 4.24. The SMILES string of the molecule is CCn1ncc(Br)c1C(O)CC1CCCO1. The molecule has 1 aliphatic heterocycles. The molecule has 1 fully saturated rings. The topological polar surface area (TPSA) is 47.3 Å². The highest BCUT2D eigenvalue weighted by molar-refractivity contribution is 9.10. The minimum absolute atomic E-state index is 0.196. The van der Waals surface area contributed by atoms with Gasteiger partial charge >= 0.3 is 0 Å². The van der Waals surface area contributed by atoms with E-state index in [0.717, 1.165) is 36.2 Å². The van der Waals surface area contributed by atoms with Crippen LogP contribution in [0.2, 0.25) is 0 Å². The predicted octanol–water partition coefficient (Wildman–Crippen LogP) is 2.27. The molecular formula is C11H17BrN2O2. The minimum Gasteiger partial charge on any atom is -0.387 e. The van der Waals surface area contributed by atoms with Crippen LogP contribution in [0.3, 0.4) is 0 Å². The second kappa shape index (κ2) is 5.29. The number of aliphatic hydroxyl groups is 1. The largest absolute Gasteiger partial charge is 0.387 e. The molecule has 5 heteroatoms. The van der Waals surface area contributed by atoms with E-state index in [4.69, 9.17) is 4.74 Å². The number of ether oxygens (including phenoxy) is 1. The van der Waals surface area contributed by atoms with Gasteiger partial charge in [0.25, 0.3) is 0 Å². The van der Waals surface area contributed by atoms with E-state index in [0.29, 0.717) is 6.42 Å². The first-order valence-corrected chi connectivity index (χ1v) is 6.52. The van der Waals surface area contributed by atoms with Gasteiger partial charge in [0, 0.05) is 19.6 Å². The first-order chi connectivity index (χ1) is 7.72. The van der Waals surface area contributed by atoms with Crippen molar-refractivity contribution in [3.05, 3.63) is 16.4 Å². The Bertz CT molecular complexity index is 348. The molecule has 90 valence electrons. The van der Waals surface area contributed by atoms with Crippen molar-refractivity contribution in [2.24, 2.45) is 0 Å². The van der Waals surface area contributed by atoms with Crippen LogP contribution >= 0.6 is 15.9 Å². The van der Waals surface area contributed by atoms with Gasteiger partial charge in [0.05, 0.1) is 28.6 Å². The summed E-state index contributed by atoms with van der Waals surface area (Å²) in [6, 6.07) is 0. The molecular weight excluding hydrogens is 272 g/mol. The van der Waals surface area contributed by atoms with Gasteiger partial charge in [-0.3, -0.25) is 4.68 Å². The van der Waals surface area contributed by atoms with E-state index in [1.54, 1.807) is 6.20 Å². The van der Waals surface area contributed by atoms with Crippen LogP contribution in [0.1, 0.15) is 38.0 Å². The average Bonchev–Trinajstić information content (AvgIpc) is 2.87. The summed E-state index contributed by atoms with van der Waals surface area (Å²) in [5, 5.41) is 14.4. The van der Waals surface area contributed by atoms with E-state index in [-0.39, 0.29) is 6.10 Å². The maximum atomic E-state index is 10.2. The van der Waals surface area contributed by atoms with Crippen LogP contribution < -0.4 is 0 Å². The van der Waals surface area contributed by atoms with Gasteiger partial charge in [0.15, 0.2) is 0 Å². The molecule has 1 N–H and O–H groups in total. The number of aryl methyl sites for hydroxylation is 1. The lowest BCUT2D eigenvalue weighted by molar-refractivity contribution is 0.0498. The van der Waals surface area contributed by atoms with Crippen LogP contribution in [0.15, 0.2) is 10.7 Å². The van der Waals surface area contributed by atoms with Crippen molar-refractivity contribution in [2.75, 3.05) is 6.61 Å². The predicted molar refractivity (Wildman–Crippen MR) is 64.2 cm³/mol. The van der Waals surface area contributed by atoms with Crippen LogP contribution in [0.25, 0.3) is 0 Å². The normalized spacial score (nSPS) is 22.6. The van der Waals surface area contributed by atoms with Crippen molar-refractivity contribution in [3.8, 4) is 0 Å². The third-order valence-corrected chi connectivity index (χ3v) is 3.57. The fraction of sp³-hybridized carbons (Fsp3) is 0.727. The van der Waals surface area contributed by atoms with Crippen molar-refractivity contribution in [3.63, 3.8) is 0 Å². The third-order valence-electron chi connectivity index (χ3n) is 2.96. The number of hydrogen-bond donors (Lipinski definition) is 1. The zero-order valence-corrected chi connectivity index (χ0v) is 11.0. The molecule has 1 aromatic heterocycles. The molecule has 16 heavy (non-hydrogen) atoms. The Hall–Kier alpha value is -0.390. The molecule has 0 radical (unpaired) electrons. The summed E-state index contributed by atoms with van der Waals surface area (Å²) in [5.74, 6) is 0. The zero-order chi connectivity index (χ0) is 11.5. The van der Waals surface area contributed by atoms with Gasteiger partial charge in [0.2, 0.25) is 0 Å². The molecule has 2 atom stereocenters. The minimum atomic E-state index is -0.500. The number of rotatable bonds is 4. The van der Waals surface area contributed by atoms with Crippen molar-refractivity contribution >= 4 is 15.9 Å². The summed E-state index contributed by atoms with van der Waals surface area (Å²) in [7, 11) is 0. The second-order valence-corrected chi connectivity index (χ2v) is 4.93. The van der Waals surface area contributed by atoms with E-state index in [1.807, 2.05) is 11.6 Å². The van der Waals surface area contributed by atoms with Crippen molar-refractivity contribution in [1.82, 2.24) is 9.78 Å². The number of aromatic nitrogens is 2. The number of nitrogens with zero attached hydrogens (tertiary/aromatic N) is 2. The smallest absolute Gasteiger partial charge is 0.0992 e. The summed E-state index contributed by atoms with van der Waals surface area (Å²) in [6.45, 7) is 3.61. The van der Waals surface area contributed by atoms with E-state index in [9.17, 15) is 5.11 Å². The molecule has 1 aliphatic rings. The highest BCUT2D eigenvalue weighted by Crippen LogP contribution is 2.29. The molecule has 1 saturated heterocycles. The lowest BCUT2D eigenvalue weighted by atomic mass is 10.1. The molecule has 2 unspecified atom stereocenters. The van der Waals surface area contributed by atoms with Gasteiger partial charge in [-0.2, -0.15) is 5.10 Å². The van der Waals surface area contributed by atoms with Gasteiger partial charge in [0.1, 0.15) is 0 Å². The molecule has 2 rings (SSSR count). The van der Waals surface area contributed by atoms with E-state index >= 15 is 0 Å². The lowest BCUT2D eigenvalue weighted by Gasteiger charge is -2.16. The molecule has 0 saturated carbocycles. The highest BCUT2D eigenvalue weighted by Gasteiger charge is 2.24. The quantitative estimate of drug-likeness (QED) is 0.925. The van der Waals surface area contributed by atoms with E-state index < -0.39 is 6.10 Å². The maximum Gasteiger partial charge on any atom is 0.0992 e. The lowest BCUT2D eigenvalue weighted by Crippen LogP contribution is -2.15. The second-order valence-electron chi connectivity index (χ2n) is 4.08. The number of hydrogen-bond acceptors (Lipinski definition) is 3. The Morgan fingerprint density at radius 2 is 2.56 bits per heavy atom. The van der Waals surface area contributed by atoms with Gasteiger partial charge in [-0.15, -0.1) is 0 Å². The van der Waals surface area contributed by atoms with Crippen molar-refractivity contribution < 1.29 is 9.84 Å². The third kappa shape index (κ3) is 2.47. The first-order valence-electron chi connectivity index (χ1n) is 5.73. The van der Waals surface area contributed by atoms with Crippen LogP contribution in [0, 0.1) is 0 Å². The standard InChI is InChI=1S/C11H17BrN2O2/c1-2-14-11(9(12)7-13-14)10(15)6-8-4-3-5-16-8/h7-8,10,15H,2-6H2,1H3. The molecule has 0 aromatic carbocycles. The number of halogens is 1. The Morgan fingerprint density at radius 1 is 1.75 bits per heavy atom. The van der Waals surface area contributed by atoms with Crippen molar-refractivity contribution in [1.29, 1.82) is 0 Å². The fourth-order valence-electron chi connectivity index (χ4n) is 2.15. The van der Waals surface area contributed by atoms with E-state index in [1.165, 1.54) is 0 Å². The zero-order valence-electron chi connectivity index (χ0n) is 9.40. The van der Waals surface area contributed by atoms with Crippen molar-refractivity contribution in [2.45, 2.75) is 44.9 Å². The highest BCUT2D eigenvalue weighted by atomic mass is 79.9. The Kier molecular flexibility index (Phi) is 4.00. The molecule has 0 amide bonds. The maximum absolute atomic E-state index is 10.2. The summed E-state index contributed by atoms with van der Waals surface area (Å²) < 4.78 is 8.23. The fourth-order valence-corrected chi connectivity index (χ4v) is 2.71. The molecule has 0 aliphatic carbocycles. The van der Waals surface area contributed by atoms with Gasteiger partial charge < -0.3 is 9.84 Å². The van der Waals surface area contributed by atoms with E-state index in [2.05, 4.69) is 21.0 Å². The van der Waals surface area contributed by atoms with Crippen LogP contribution in [-0.2, 0) is 11.3 Å². The van der Waals surface area contributed by atoms with Gasteiger partial charge in [-0.25, -0.2) is 0 Å². The first kappa shape index (κ1) is 12.1. The molecule has 0 spiro atoms. The molecule has 4 nitrogen and oxygen atoms in total. The summed E-state index contributed by atoms with van der Waals surface area (Å²) >= 11 is 3.42. The van der Waals surface area contributed by atoms with Crippen LogP contribution in [-0.4, -0.2) is 27.6 Å². The van der Waals surface area contributed by atoms with Gasteiger partial charge in [-0.05, 0) is 35.7 Å². The monoisotopic (exact) mass is 288 g/mol. The Morgan fingerprint density at radius 3 is 3.19 bits per heavy atom. The van der Waals surface area contributed by atoms with Gasteiger partial charge in [-0.1, -0.05) is 0 Å². The molecule has 2 heterocycles. The summed E-state index contributed by atoms with van der Waals surface area (Å²) in [5.41, 5.74) is 0.859. The van der Waals surface area contributed by atoms with Crippen LogP contribution in [0.5, 0.6) is 0 Å². The Labute approximate surface area is 104 Å². The van der Waals surface area contributed by atoms with Crippen LogP contribution in [0.4, 0.5) is 0 Å². The molecule has 0 bridgehead atoms. The molecule has 1 aromatic rings. The average molecular weight is 289 g/mol. The Balaban J connectivity index is 2.06. The summed E-state index contributed by atoms with van der Waals surface area (Å²) in [4.78, 5) is 0. The number of aliphatic hydroxyl groups excluding tert-OH is 1.